The molecule has 76 valence electrons. The molecule has 0 amide bonds. The van der Waals surface area contributed by atoms with Crippen molar-refractivity contribution in [1.29, 1.82) is 0 Å². The van der Waals surface area contributed by atoms with Gasteiger partial charge in [-0.2, -0.15) is 0 Å². The molecule has 3 nitrogen and oxygen atoms in total. The molecular weight excluding hydrogens is 258 g/mol. The van der Waals surface area contributed by atoms with Gasteiger partial charge in [0.2, 0.25) is 0 Å². The van der Waals surface area contributed by atoms with Gasteiger partial charge in [-0.3, -0.25) is 4.79 Å². The van der Waals surface area contributed by atoms with Crippen LogP contribution < -0.4 is 5.73 Å². The lowest BCUT2D eigenvalue weighted by Crippen LogP contribution is -2.06. The van der Waals surface area contributed by atoms with Crippen molar-refractivity contribution >= 4 is 22.2 Å². The molecule has 0 saturated carbocycles. The van der Waals surface area contributed by atoms with Gasteiger partial charge in [-0.25, -0.2) is 13.8 Å². The standard InChI is InChI=1S/C8H7BrF2N2O/c9-5-1-4(2-12)6(3-14)13-7(5)8(10)11/h1,3,8H,2,12H2. The van der Waals surface area contributed by atoms with Crippen LogP contribution in [0.3, 0.4) is 0 Å². The van der Waals surface area contributed by atoms with Gasteiger partial charge < -0.3 is 5.73 Å². The number of halogens is 3. The van der Waals surface area contributed by atoms with Crippen LogP contribution in [0.25, 0.3) is 0 Å². The predicted octanol–water partition coefficient (Wildman–Crippen LogP) is 2.05. The maximum absolute atomic E-state index is 12.3. The highest BCUT2D eigenvalue weighted by molar-refractivity contribution is 9.10. The Kier molecular flexibility index (Phi) is 3.65. The van der Waals surface area contributed by atoms with Crippen molar-refractivity contribution < 1.29 is 13.6 Å². The summed E-state index contributed by atoms with van der Waals surface area (Å²) in [5.41, 5.74) is 5.28. The summed E-state index contributed by atoms with van der Waals surface area (Å²) in [6, 6.07) is 1.39. The number of hydrogen-bond donors (Lipinski definition) is 1. The largest absolute Gasteiger partial charge is 0.326 e. The third kappa shape index (κ3) is 2.13. The number of aldehydes is 1. The average Bonchev–Trinajstić information content (AvgIpc) is 2.16. The zero-order chi connectivity index (χ0) is 10.7. The van der Waals surface area contributed by atoms with E-state index >= 15 is 0 Å². The Morgan fingerprint density at radius 3 is 2.71 bits per heavy atom. The van der Waals surface area contributed by atoms with E-state index in [0.717, 1.165) is 0 Å². The molecule has 0 aliphatic carbocycles. The molecule has 1 aromatic heterocycles. The fourth-order valence-corrected chi connectivity index (χ4v) is 1.51. The summed E-state index contributed by atoms with van der Waals surface area (Å²) in [5, 5.41) is 0. The van der Waals surface area contributed by atoms with Gasteiger partial charge in [-0.1, -0.05) is 0 Å². The first-order chi connectivity index (χ1) is 6.60. The minimum absolute atomic E-state index is 0.0361. The summed E-state index contributed by atoms with van der Waals surface area (Å²) in [4.78, 5) is 14.0. The lowest BCUT2D eigenvalue weighted by atomic mass is 10.2. The van der Waals surface area contributed by atoms with Gasteiger partial charge in [0, 0.05) is 11.0 Å². The van der Waals surface area contributed by atoms with Crippen molar-refractivity contribution in [2.75, 3.05) is 0 Å². The van der Waals surface area contributed by atoms with Crippen molar-refractivity contribution in [1.82, 2.24) is 4.98 Å². The summed E-state index contributed by atoms with van der Waals surface area (Å²) in [7, 11) is 0. The zero-order valence-corrected chi connectivity index (χ0v) is 8.59. The minimum Gasteiger partial charge on any atom is -0.326 e. The lowest BCUT2D eigenvalue weighted by Gasteiger charge is -2.06. The summed E-state index contributed by atoms with van der Waals surface area (Å²) >= 11 is 2.94. The molecule has 0 fully saturated rings. The van der Waals surface area contributed by atoms with Gasteiger partial charge in [-0.05, 0) is 27.6 Å². The van der Waals surface area contributed by atoms with E-state index in [1.807, 2.05) is 0 Å². The molecule has 0 unspecified atom stereocenters. The second kappa shape index (κ2) is 4.56. The number of hydrogen-bond acceptors (Lipinski definition) is 3. The average molecular weight is 265 g/mol. The maximum Gasteiger partial charge on any atom is 0.281 e. The smallest absolute Gasteiger partial charge is 0.281 e. The monoisotopic (exact) mass is 264 g/mol. The van der Waals surface area contributed by atoms with Gasteiger partial charge in [0.05, 0.1) is 0 Å². The molecule has 1 heterocycles. The van der Waals surface area contributed by atoms with Crippen molar-refractivity contribution in [3.05, 3.63) is 27.5 Å². The second-order valence-corrected chi connectivity index (χ2v) is 3.38. The van der Waals surface area contributed by atoms with E-state index in [4.69, 9.17) is 5.73 Å². The van der Waals surface area contributed by atoms with E-state index in [9.17, 15) is 13.6 Å². The third-order valence-corrected chi connectivity index (χ3v) is 2.29. The number of pyridine rings is 1. The number of aromatic nitrogens is 1. The van der Waals surface area contributed by atoms with Crippen molar-refractivity contribution in [2.24, 2.45) is 5.73 Å². The van der Waals surface area contributed by atoms with Crippen LogP contribution in [0.15, 0.2) is 10.5 Å². The second-order valence-electron chi connectivity index (χ2n) is 2.52. The molecule has 0 saturated heterocycles. The number of rotatable bonds is 3. The van der Waals surface area contributed by atoms with E-state index in [1.165, 1.54) is 6.07 Å². The van der Waals surface area contributed by atoms with Gasteiger partial charge in [-0.15, -0.1) is 0 Å². The molecule has 0 radical (unpaired) electrons. The first kappa shape index (κ1) is 11.2. The number of nitrogens with zero attached hydrogens (tertiary/aromatic N) is 1. The van der Waals surface area contributed by atoms with Crippen LogP contribution >= 0.6 is 15.9 Å². The highest BCUT2D eigenvalue weighted by Gasteiger charge is 2.16. The first-order valence-corrected chi connectivity index (χ1v) is 4.52. The number of carbonyl (C=O) groups excluding carboxylic acids is 1. The Labute approximate surface area is 87.4 Å². The Morgan fingerprint density at radius 2 is 2.29 bits per heavy atom. The Morgan fingerprint density at radius 1 is 1.64 bits per heavy atom. The van der Waals surface area contributed by atoms with Crippen LogP contribution in [0.1, 0.15) is 28.2 Å². The molecule has 0 aliphatic heterocycles. The fraction of sp³-hybridized carbons (Fsp3) is 0.250. The Hall–Kier alpha value is -0.880. The van der Waals surface area contributed by atoms with Crippen molar-refractivity contribution in [2.45, 2.75) is 13.0 Å². The quantitative estimate of drug-likeness (QED) is 0.851. The SMILES string of the molecule is NCc1cc(Br)c(C(F)F)nc1C=O. The predicted molar refractivity (Wildman–Crippen MR) is 50.2 cm³/mol. The molecule has 2 N–H and O–H groups in total. The van der Waals surface area contributed by atoms with E-state index in [2.05, 4.69) is 20.9 Å². The highest BCUT2D eigenvalue weighted by atomic mass is 79.9. The summed E-state index contributed by atoms with van der Waals surface area (Å²) < 4.78 is 24.8. The van der Waals surface area contributed by atoms with E-state index in [0.29, 0.717) is 11.8 Å². The molecule has 0 atom stereocenters. The topological polar surface area (TPSA) is 56.0 Å². The summed E-state index contributed by atoms with van der Waals surface area (Å²) in [6.07, 6.45) is -2.30. The molecule has 0 aliphatic rings. The summed E-state index contributed by atoms with van der Waals surface area (Å²) in [5.74, 6) is 0. The van der Waals surface area contributed by atoms with Gasteiger partial charge in [0.1, 0.15) is 11.4 Å². The molecule has 14 heavy (non-hydrogen) atoms. The number of nitrogens with two attached hydrogens (primary N) is 1. The molecular formula is C8H7BrF2N2O. The molecule has 0 aromatic carbocycles. The summed E-state index contributed by atoms with van der Waals surface area (Å²) in [6.45, 7) is 0.0865. The highest BCUT2D eigenvalue weighted by Crippen LogP contribution is 2.26. The molecule has 0 bridgehead atoms. The Balaban J connectivity index is 3.30. The van der Waals surface area contributed by atoms with Crippen molar-refractivity contribution in [3.63, 3.8) is 0 Å². The molecule has 1 rings (SSSR count). The van der Waals surface area contributed by atoms with Gasteiger partial charge in [0.25, 0.3) is 6.43 Å². The van der Waals surface area contributed by atoms with Crippen LogP contribution in [0, 0.1) is 0 Å². The van der Waals surface area contributed by atoms with Gasteiger partial charge in [0.15, 0.2) is 6.29 Å². The van der Waals surface area contributed by atoms with E-state index in [1.54, 1.807) is 0 Å². The molecule has 0 spiro atoms. The van der Waals surface area contributed by atoms with Crippen LogP contribution in [0.2, 0.25) is 0 Å². The van der Waals surface area contributed by atoms with Crippen LogP contribution in [0.4, 0.5) is 8.78 Å². The maximum atomic E-state index is 12.3. The lowest BCUT2D eigenvalue weighted by molar-refractivity contribution is 0.111. The van der Waals surface area contributed by atoms with Crippen molar-refractivity contribution in [3.8, 4) is 0 Å². The first-order valence-electron chi connectivity index (χ1n) is 3.72. The van der Waals surface area contributed by atoms with E-state index in [-0.39, 0.29) is 16.7 Å². The van der Waals surface area contributed by atoms with Crippen LogP contribution in [0.5, 0.6) is 0 Å². The minimum atomic E-state index is -2.71. The number of alkyl halides is 2. The van der Waals surface area contributed by atoms with Crippen LogP contribution in [-0.2, 0) is 6.54 Å². The van der Waals surface area contributed by atoms with Crippen LogP contribution in [-0.4, -0.2) is 11.3 Å². The normalized spacial score (nSPS) is 10.6. The number of carbonyl (C=O) groups is 1. The van der Waals surface area contributed by atoms with Gasteiger partial charge >= 0.3 is 0 Å². The molecule has 1 aromatic rings. The third-order valence-electron chi connectivity index (χ3n) is 1.65. The zero-order valence-electron chi connectivity index (χ0n) is 7.01. The Bertz CT molecular complexity index is 357. The molecule has 6 heteroatoms. The fourth-order valence-electron chi connectivity index (χ4n) is 0.974. The van der Waals surface area contributed by atoms with E-state index < -0.39 is 12.1 Å².